The molecule has 3 aromatic rings. The SMILES string of the molecule is Cc1ccccc1[C@H](C/C(Cc1ccncc1)=N\O)c1ccc(Br)cc1. The van der Waals surface area contributed by atoms with E-state index in [0.29, 0.717) is 12.8 Å². The fourth-order valence-corrected chi connectivity index (χ4v) is 3.46. The summed E-state index contributed by atoms with van der Waals surface area (Å²) in [6, 6.07) is 20.7. The van der Waals surface area contributed by atoms with Gasteiger partial charge in [0.05, 0.1) is 5.71 Å². The second-order valence-corrected chi connectivity index (χ2v) is 7.28. The molecule has 0 radical (unpaired) electrons. The zero-order valence-corrected chi connectivity index (χ0v) is 16.2. The maximum absolute atomic E-state index is 9.61. The van der Waals surface area contributed by atoms with Crippen molar-refractivity contribution in [2.24, 2.45) is 5.16 Å². The number of hydrogen-bond acceptors (Lipinski definition) is 3. The molecule has 0 spiro atoms. The molecule has 3 nitrogen and oxygen atoms in total. The summed E-state index contributed by atoms with van der Waals surface area (Å²) in [5, 5.41) is 13.2. The molecular weight excluding hydrogens is 388 g/mol. The smallest absolute Gasteiger partial charge is 0.0623 e. The molecule has 3 rings (SSSR count). The van der Waals surface area contributed by atoms with Gasteiger partial charge in [0, 0.05) is 35.6 Å². The predicted molar refractivity (Wildman–Crippen MR) is 109 cm³/mol. The highest BCUT2D eigenvalue weighted by molar-refractivity contribution is 9.10. The van der Waals surface area contributed by atoms with Crippen LogP contribution in [0.2, 0.25) is 0 Å². The summed E-state index contributed by atoms with van der Waals surface area (Å²) in [5.74, 6) is 0.136. The fraction of sp³-hybridized carbons (Fsp3) is 0.182. The van der Waals surface area contributed by atoms with Crippen molar-refractivity contribution >= 4 is 21.6 Å². The third-order valence-corrected chi connectivity index (χ3v) is 5.10. The average molecular weight is 409 g/mol. The van der Waals surface area contributed by atoms with E-state index in [1.165, 1.54) is 16.7 Å². The molecule has 0 bridgehead atoms. The van der Waals surface area contributed by atoms with E-state index in [4.69, 9.17) is 0 Å². The Kier molecular flexibility index (Phi) is 6.18. The van der Waals surface area contributed by atoms with Crippen LogP contribution >= 0.6 is 15.9 Å². The summed E-state index contributed by atoms with van der Waals surface area (Å²) in [4.78, 5) is 4.05. The quantitative estimate of drug-likeness (QED) is 0.320. The van der Waals surface area contributed by atoms with Crippen LogP contribution in [0, 0.1) is 6.92 Å². The average Bonchev–Trinajstić information content (AvgIpc) is 2.67. The van der Waals surface area contributed by atoms with Crippen LogP contribution in [0.5, 0.6) is 0 Å². The second kappa shape index (κ2) is 8.77. The number of pyridine rings is 1. The van der Waals surface area contributed by atoms with Crippen molar-refractivity contribution in [2.45, 2.75) is 25.7 Å². The number of hydrogen-bond donors (Lipinski definition) is 1. The first-order valence-electron chi connectivity index (χ1n) is 8.57. The molecule has 1 atom stereocenters. The lowest BCUT2D eigenvalue weighted by molar-refractivity contribution is 0.316. The molecule has 0 amide bonds. The van der Waals surface area contributed by atoms with Crippen molar-refractivity contribution in [1.82, 2.24) is 4.98 Å². The topological polar surface area (TPSA) is 45.5 Å². The van der Waals surface area contributed by atoms with Crippen LogP contribution in [-0.4, -0.2) is 15.9 Å². The summed E-state index contributed by atoms with van der Waals surface area (Å²) in [6.07, 6.45) is 4.79. The third-order valence-electron chi connectivity index (χ3n) is 4.57. The van der Waals surface area contributed by atoms with Crippen molar-refractivity contribution in [1.29, 1.82) is 0 Å². The minimum absolute atomic E-state index is 0.136. The van der Waals surface area contributed by atoms with Gasteiger partial charge in [0.15, 0.2) is 0 Å². The van der Waals surface area contributed by atoms with E-state index < -0.39 is 0 Å². The first kappa shape index (κ1) is 18.3. The van der Waals surface area contributed by atoms with E-state index in [-0.39, 0.29) is 5.92 Å². The Morgan fingerprint density at radius 3 is 2.38 bits per heavy atom. The lowest BCUT2D eigenvalue weighted by atomic mass is 9.84. The van der Waals surface area contributed by atoms with Gasteiger partial charge in [-0.05, 0) is 53.4 Å². The van der Waals surface area contributed by atoms with E-state index >= 15 is 0 Å². The standard InChI is InChI=1S/C22H21BrN2O/c1-16-4-2-3-5-21(16)22(18-6-8-19(23)9-7-18)15-20(25-26)14-17-10-12-24-13-11-17/h2-13,22,26H,14-15H2,1H3/b25-20-/t22-/m1/s1. The number of benzene rings is 2. The molecule has 0 aliphatic rings. The van der Waals surface area contributed by atoms with Crippen molar-refractivity contribution in [3.63, 3.8) is 0 Å². The predicted octanol–water partition coefficient (Wildman–Crippen LogP) is 5.75. The molecule has 1 aromatic heterocycles. The van der Waals surface area contributed by atoms with Crippen LogP contribution in [0.25, 0.3) is 0 Å². The molecular formula is C22H21BrN2O. The first-order chi connectivity index (χ1) is 12.7. The van der Waals surface area contributed by atoms with Crippen molar-refractivity contribution in [3.05, 3.63) is 99.8 Å². The Balaban J connectivity index is 1.92. The molecule has 2 aromatic carbocycles. The number of aryl methyl sites for hydroxylation is 1. The van der Waals surface area contributed by atoms with Crippen LogP contribution < -0.4 is 0 Å². The zero-order valence-electron chi connectivity index (χ0n) is 14.6. The van der Waals surface area contributed by atoms with Crippen LogP contribution in [-0.2, 0) is 6.42 Å². The monoisotopic (exact) mass is 408 g/mol. The van der Waals surface area contributed by atoms with Gasteiger partial charge in [0.1, 0.15) is 0 Å². The van der Waals surface area contributed by atoms with E-state index in [0.717, 1.165) is 15.7 Å². The van der Waals surface area contributed by atoms with Gasteiger partial charge in [-0.2, -0.15) is 0 Å². The van der Waals surface area contributed by atoms with Gasteiger partial charge in [-0.25, -0.2) is 0 Å². The molecule has 132 valence electrons. The highest BCUT2D eigenvalue weighted by atomic mass is 79.9. The van der Waals surface area contributed by atoms with Crippen LogP contribution in [0.1, 0.15) is 34.6 Å². The van der Waals surface area contributed by atoms with E-state index in [1.807, 2.05) is 12.1 Å². The molecule has 0 fully saturated rings. The summed E-state index contributed by atoms with van der Waals surface area (Å²) in [7, 11) is 0. The molecule has 0 aliphatic carbocycles. The van der Waals surface area contributed by atoms with Gasteiger partial charge >= 0.3 is 0 Å². The van der Waals surface area contributed by atoms with Gasteiger partial charge in [-0.15, -0.1) is 0 Å². The number of nitrogens with zero attached hydrogens (tertiary/aromatic N) is 2. The molecule has 0 unspecified atom stereocenters. The Hall–Kier alpha value is -2.46. The van der Waals surface area contributed by atoms with E-state index in [9.17, 15) is 5.21 Å². The van der Waals surface area contributed by atoms with Gasteiger partial charge in [-0.3, -0.25) is 4.98 Å². The normalized spacial score (nSPS) is 12.8. The van der Waals surface area contributed by atoms with Crippen molar-refractivity contribution in [3.8, 4) is 0 Å². The molecule has 4 heteroatoms. The number of halogens is 1. The van der Waals surface area contributed by atoms with Crippen LogP contribution in [0.15, 0.2) is 82.7 Å². The highest BCUT2D eigenvalue weighted by Gasteiger charge is 2.19. The van der Waals surface area contributed by atoms with Gasteiger partial charge in [-0.1, -0.05) is 57.5 Å². The van der Waals surface area contributed by atoms with Crippen molar-refractivity contribution in [2.75, 3.05) is 0 Å². The Morgan fingerprint density at radius 2 is 1.73 bits per heavy atom. The number of rotatable bonds is 6. The van der Waals surface area contributed by atoms with Gasteiger partial charge in [0.2, 0.25) is 0 Å². The Labute approximate surface area is 162 Å². The molecule has 0 saturated heterocycles. The Morgan fingerprint density at radius 1 is 1.04 bits per heavy atom. The lowest BCUT2D eigenvalue weighted by Gasteiger charge is -2.21. The maximum Gasteiger partial charge on any atom is 0.0623 e. The maximum atomic E-state index is 9.61. The summed E-state index contributed by atoms with van der Waals surface area (Å²) >= 11 is 3.50. The number of aromatic nitrogens is 1. The van der Waals surface area contributed by atoms with Gasteiger partial charge in [0.25, 0.3) is 0 Å². The summed E-state index contributed by atoms with van der Waals surface area (Å²) < 4.78 is 1.05. The number of oxime groups is 1. The van der Waals surface area contributed by atoms with Crippen LogP contribution in [0.4, 0.5) is 0 Å². The minimum Gasteiger partial charge on any atom is -0.411 e. The minimum atomic E-state index is 0.136. The third kappa shape index (κ3) is 4.58. The van der Waals surface area contributed by atoms with E-state index in [1.54, 1.807) is 12.4 Å². The molecule has 26 heavy (non-hydrogen) atoms. The second-order valence-electron chi connectivity index (χ2n) is 6.36. The van der Waals surface area contributed by atoms with Crippen molar-refractivity contribution < 1.29 is 5.21 Å². The highest BCUT2D eigenvalue weighted by Crippen LogP contribution is 2.32. The molecule has 0 saturated carbocycles. The summed E-state index contributed by atoms with van der Waals surface area (Å²) in [5.41, 5.74) is 5.55. The molecule has 1 N–H and O–H groups in total. The zero-order chi connectivity index (χ0) is 18.4. The van der Waals surface area contributed by atoms with Crippen LogP contribution in [0.3, 0.4) is 0 Å². The largest absolute Gasteiger partial charge is 0.411 e. The van der Waals surface area contributed by atoms with Gasteiger partial charge < -0.3 is 5.21 Å². The fourth-order valence-electron chi connectivity index (χ4n) is 3.20. The Bertz CT molecular complexity index is 876. The lowest BCUT2D eigenvalue weighted by Crippen LogP contribution is -2.12. The molecule has 1 heterocycles. The first-order valence-corrected chi connectivity index (χ1v) is 9.36. The summed E-state index contributed by atoms with van der Waals surface area (Å²) in [6.45, 7) is 2.12. The molecule has 0 aliphatic heterocycles. The van der Waals surface area contributed by atoms with E-state index in [2.05, 4.69) is 81.5 Å².